The standard InChI is InChI=1S/C15H25N3O2S/c1-12(2)16-9-14-8-15(11-17(14)4)21(19,20)18-7-5-6-13(3)10-18/h6,8,11-12,16H,5,7,9-10H2,1-4H3. The zero-order valence-corrected chi connectivity index (χ0v) is 14.1. The fourth-order valence-corrected chi connectivity index (χ4v) is 4.03. The first kappa shape index (κ1) is 16.3. The van der Waals surface area contributed by atoms with Crippen molar-refractivity contribution in [2.75, 3.05) is 13.1 Å². The second kappa shape index (κ2) is 6.34. The number of aryl methyl sites for hydroxylation is 1. The molecule has 1 N–H and O–H groups in total. The molecule has 2 rings (SSSR count). The lowest BCUT2D eigenvalue weighted by Gasteiger charge is -2.24. The summed E-state index contributed by atoms with van der Waals surface area (Å²) in [5, 5.41) is 3.32. The summed E-state index contributed by atoms with van der Waals surface area (Å²) in [6.45, 7) is 7.85. The van der Waals surface area contributed by atoms with Gasteiger partial charge < -0.3 is 9.88 Å². The number of sulfonamides is 1. The Balaban J connectivity index is 2.21. The molecule has 1 aromatic rings. The number of hydrogen-bond acceptors (Lipinski definition) is 3. The molecule has 0 spiro atoms. The van der Waals surface area contributed by atoms with Crippen LogP contribution in [0.1, 0.15) is 32.9 Å². The summed E-state index contributed by atoms with van der Waals surface area (Å²) in [5.74, 6) is 0. The fourth-order valence-electron chi connectivity index (χ4n) is 2.43. The van der Waals surface area contributed by atoms with Gasteiger partial charge in [0.2, 0.25) is 10.0 Å². The maximum atomic E-state index is 12.7. The maximum Gasteiger partial charge on any atom is 0.244 e. The molecular weight excluding hydrogens is 286 g/mol. The van der Waals surface area contributed by atoms with Crippen molar-refractivity contribution in [2.24, 2.45) is 7.05 Å². The second-order valence-electron chi connectivity index (χ2n) is 5.99. The zero-order valence-electron chi connectivity index (χ0n) is 13.3. The van der Waals surface area contributed by atoms with E-state index in [1.165, 1.54) is 0 Å². The molecule has 0 atom stereocenters. The van der Waals surface area contributed by atoms with Crippen LogP contribution in [0.25, 0.3) is 0 Å². The van der Waals surface area contributed by atoms with Crippen molar-refractivity contribution in [3.63, 3.8) is 0 Å². The van der Waals surface area contributed by atoms with Gasteiger partial charge in [-0.3, -0.25) is 0 Å². The van der Waals surface area contributed by atoms with Gasteiger partial charge in [0, 0.05) is 44.6 Å². The zero-order chi connectivity index (χ0) is 15.6. The molecule has 118 valence electrons. The van der Waals surface area contributed by atoms with E-state index in [1.807, 2.05) is 18.5 Å². The molecule has 0 unspecified atom stereocenters. The van der Waals surface area contributed by atoms with Crippen molar-refractivity contribution in [2.45, 2.75) is 44.7 Å². The van der Waals surface area contributed by atoms with Crippen LogP contribution in [0.5, 0.6) is 0 Å². The third kappa shape index (κ3) is 3.75. The predicted octanol–water partition coefficient (Wildman–Crippen LogP) is 1.86. The molecule has 5 nitrogen and oxygen atoms in total. The lowest BCUT2D eigenvalue weighted by Crippen LogP contribution is -2.35. The van der Waals surface area contributed by atoms with Crippen LogP contribution in [0.4, 0.5) is 0 Å². The van der Waals surface area contributed by atoms with Gasteiger partial charge in [0.1, 0.15) is 4.90 Å². The highest BCUT2D eigenvalue weighted by Crippen LogP contribution is 2.22. The Morgan fingerprint density at radius 2 is 2.10 bits per heavy atom. The minimum atomic E-state index is -3.39. The van der Waals surface area contributed by atoms with Gasteiger partial charge in [-0.2, -0.15) is 4.31 Å². The molecule has 6 heteroatoms. The Morgan fingerprint density at radius 1 is 1.38 bits per heavy atom. The maximum absolute atomic E-state index is 12.7. The lowest BCUT2D eigenvalue weighted by molar-refractivity contribution is 0.428. The second-order valence-corrected chi connectivity index (χ2v) is 7.93. The summed E-state index contributed by atoms with van der Waals surface area (Å²) in [6, 6.07) is 2.15. The van der Waals surface area contributed by atoms with Crippen molar-refractivity contribution in [1.29, 1.82) is 0 Å². The topological polar surface area (TPSA) is 54.3 Å². The highest BCUT2D eigenvalue weighted by molar-refractivity contribution is 7.89. The van der Waals surface area contributed by atoms with E-state index in [0.29, 0.717) is 30.6 Å². The Bertz CT molecular complexity index is 629. The average Bonchev–Trinajstić information content (AvgIpc) is 2.78. The average molecular weight is 311 g/mol. The molecule has 1 aliphatic rings. The number of rotatable bonds is 5. The SMILES string of the molecule is CC1=CCCN(S(=O)(=O)c2cc(CNC(C)C)n(C)c2)C1. The predicted molar refractivity (Wildman–Crippen MR) is 84.5 cm³/mol. The van der Waals surface area contributed by atoms with E-state index in [0.717, 1.165) is 17.7 Å². The quantitative estimate of drug-likeness (QED) is 0.845. The molecule has 0 fully saturated rings. The summed E-state index contributed by atoms with van der Waals surface area (Å²) >= 11 is 0. The minimum Gasteiger partial charge on any atom is -0.352 e. The van der Waals surface area contributed by atoms with Gasteiger partial charge in [0.05, 0.1) is 0 Å². The van der Waals surface area contributed by atoms with Gasteiger partial charge >= 0.3 is 0 Å². The number of nitrogens with zero attached hydrogens (tertiary/aromatic N) is 2. The first-order valence-corrected chi connectivity index (χ1v) is 8.79. The highest BCUT2D eigenvalue weighted by atomic mass is 32.2. The molecule has 21 heavy (non-hydrogen) atoms. The van der Waals surface area contributed by atoms with Crippen LogP contribution in [-0.4, -0.2) is 36.4 Å². The van der Waals surface area contributed by atoms with E-state index in [4.69, 9.17) is 0 Å². The molecule has 0 saturated heterocycles. The molecular formula is C15H25N3O2S. The number of nitrogens with one attached hydrogen (secondary N) is 1. The highest BCUT2D eigenvalue weighted by Gasteiger charge is 2.27. The van der Waals surface area contributed by atoms with E-state index < -0.39 is 10.0 Å². The minimum absolute atomic E-state index is 0.370. The van der Waals surface area contributed by atoms with Crippen LogP contribution in [0.15, 0.2) is 28.8 Å². The fraction of sp³-hybridized carbons (Fsp3) is 0.600. The van der Waals surface area contributed by atoms with E-state index in [1.54, 1.807) is 16.6 Å². The molecule has 0 aromatic carbocycles. The van der Waals surface area contributed by atoms with Crippen molar-refractivity contribution in [3.05, 3.63) is 29.6 Å². The first-order valence-electron chi connectivity index (χ1n) is 7.35. The van der Waals surface area contributed by atoms with E-state index in [2.05, 4.69) is 25.2 Å². The van der Waals surface area contributed by atoms with Gasteiger partial charge in [0.15, 0.2) is 0 Å². The largest absolute Gasteiger partial charge is 0.352 e. The third-order valence-corrected chi connectivity index (χ3v) is 5.52. The normalized spacial score (nSPS) is 17.3. The first-order chi connectivity index (χ1) is 9.80. The van der Waals surface area contributed by atoms with E-state index in [9.17, 15) is 8.42 Å². The summed E-state index contributed by atoms with van der Waals surface area (Å²) < 4.78 is 28.9. The number of aromatic nitrogens is 1. The Morgan fingerprint density at radius 3 is 2.71 bits per heavy atom. The Hall–Kier alpha value is -1.11. The summed E-state index contributed by atoms with van der Waals surface area (Å²) in [6.07, 6.45) is 4.61. The molecule has 0 saturated carbocycles. The molecule has 0 bridgehead atoms. The third-order valence-electron chi connectivity index (χ3n) is 3.71. The van der Waals surface area contributed by atoms with Crippen LogP contribution in [-0.2, 0) is 23.6 Å². The lowest BCUT2D eigenvalue weighted by atomic mass is 10.2. The van der Waals surface area contributed by atoms with Gasteiger partial charge in [-0.05, 0) is 19.4 Å². The molecule has 2 heterocycles. The molecule has 0 amide bonds. The van der Waals surface area contributed by atoms with Crippen molar-refractivity contribution >= 4 is 10.0 Å². The Labute approximate surface area is 127 Å². The van der Waals surface area contributed by atoms with Crippen molar-refractivity contribution < 1.29 is 8.42 Å². The molecule has 1 aliphatic heterocycles. The molecule has 1 aromatic heterocycles. The Kier molecular flexibility index (Phi) is 4.91. The van der Waals surface area contributed by atoms with Crippen LogP contribution in [0.3, 0.4) is 0 Å². The van der Waals surface area contributed by atoms with Crippen LogP contribution in [0.2, 0.25) is 0 Å². The summed E-state index contributed by atoms with van der Waals surface area (Å²) in [7, 11) is -1.50. The van der Waals surface area contributed by atoms with Crippen LogP contribution >= 0.6 is 0 Å². The van der Waals surface area contributed by atoms with E-state index >= 15 is 0 Å². The van der Waals surface area contributed by atoms with Gasteiger partial charge in [0.25, 0.3) is 0 Å². The van der Waals surface area contributed by atoms with E-state index in [-0.39, 0.29) is 0 Å². The molecule has 0 radical (unpaired) electrons. The van der Waals surface area contributed by atoms with Crippen LogP contribution < -0.4 is 5.32 Å². The van der Waals surface area contributed by atoms with Gasteiger partial charge in [-0.25, -0.2) is 8.42 Å². The van der Waals surface area contributed by atoms with Gasteiger partial charge in [-0.1, -0.05) is 25.5 Å². The summed E-state index contributed by atoms with van der Waals surface area (Å²) in [5.41, 5.74) is 2.09. The molecule has 0 aliphatic carbocycles. The number of hydrogen-bond donors (Lipinski definition) is 1. The van der Waals surface area contributed by atoms with Crippen molar-refractivity contribution in [3.8, 4) is 0 Å². The van der Waals surface area contributed by atoms with Crippen molar-refractivity contribution in [1.82, 2.24) is 14.2 Å². The van der Waals surface area contributed by atoms with Gasteiger partial charge in [-0.15, -0.1) is 0 Å². The summed E-state index contributed by atoms with van der Waals surface area (Å²) in [4.78, 5) is 0.389. The monoisotopic (exact) mass is 311 g/mol. The van der Waals surface area contributed by atoms with Crippen LogP contribution in [0, 0.1) is 0 Å². The smallest absolute Gasteiger partial charge is 0.244 e.